The van der Waals surface area contributed by atoms with Crippen molar-refractivity contribution >= 4 is 50.5 Å². The molecule has 2 unspecified atom stereocenters. The van der Waals surface area contributed by atoms with Gasteiger partial charge in [-0.05, 0) is 88.1 Å². The van der Waals surface area contributed by atoms with Crippen molar-refractivity contribution in [2.24, 2.45) is 0 Å². The molecule has 0 aliphatic carbocycles. The van der Waals surface area contributed by atoms with Crippen LogP contribution in [0.5, 0.6) is 28.7 Å². The summed E-state index contributed by atoms with van der Waals surface area (Å²) in [6.45, 7) is 12.4. The molecule has 8 rings (SSSR count). The number of hydrogen-bond acceptors (Lipinski definition) is 12. The van der Waals surface area contributed by atoms with Gasteiger partial charge in [0.05, 0.1) is 66.8 Å². The van der Waals surface area contributed by atoms with E-state index in [4.69, 9.17) is 28.7 Å². The van der Waals surface area contributed by atoms with E-state index in [0.717, 1.165) is 42.6 Å². The van der Waals surface area contributed by atoms with Gasteiger partial charge >= 0.3 is 0 Å². The summed E-state index contributed by atoms with van der Waals surface area (Å²) < 4.78 is 30.9. The molecule has 0 saturated heterocycles. The van der Waals surface area contributed by atoms with Gasteiger partial charge in [0.2, 0.25) is 0 Å². The van der Waals surface area contributed by atoms with Crippen molar-refractivity contribution in [2.75, 3.05) is 55.7 Å². The quantitative estimate of drug-likeness (QED) is 0.0775. The standard InChI is InChI=1S/C49H55N5O7S2/c1-8-13-30-18-34-26-50-39-24-45(43(57-5)22-37(39)47(55)53(34)41(30)9-2)60-28-32-20-36(59-17-12-16-49(3,4)63-62-7)21-33(52-32)29-61-46-25-40-38(23-44(46)58-6)48(56)54-35(27-51-40)19-31-14-10-11-15-42(31)54/h8-11,13-15,20-25,34-35,50-51H,2,12,16-19,26-29H2,1,3-7H3/b13-8-. The van der Waals surface area contributed by atoms with Gasteiger partial charge in [0.25, 0.3) is 11.8 Å². The molecule has 0 saturated carbocycles. The highest BCUT2D eigenvalue weighted by Gasteiger charge is 2.39. The number of carbonyl (C=O) groups excluding carboxylic acids is 2. The van der Waals surface area contributed by atoms with Crippen molar-refractivity contribution in [3.8, 4) is 28.7 Å². The maximum atomic E-state index is 14.1. The van der Waals surface area contributed by atoms with Crippen LogP contribution < -0.4 is 39.2 Å². The number of nitrogens with zero attached hydrogens (tertiary/aromatic N) is 3. The fraction of sp³-hybridized carbons (Fsp3) is 0.367. The molecular formula is C49H55N5O7S2. The van der Waals surface area contributed by atoms with E-state index in [0.29, 0.717) is 82.3 Å². The summed E-state index contributed by atoms with van der Waals surface area (Å²) in [4.78, 5) is 36.8. The monoisotopic (exact) mass is 889 g/mol. The maximum Gasteiger partial charge on any atom is 0.260 e. The van der Waals surface area contributed by atoms with Gasteiger partial charge in [-0.15, -0.1) is 0 Å². The van der Waals surface area contributed by atoms with Gasteiger partial charge in [0.1, 0.15) is 19.0 Å². The van der Waals surface area contributed by atoms with Crippen molar-refractivity contribution in [2.45, 2.75) is 76.5 Å². The summed E-state index contributed by atoms with van der Waals surface area (Å²) in [6.07, 6.45) is 11.3. The fourth-order valence-electron chi connectivity index (χ4n) is 8.86. The van der Waals surface area contributed by atoms with Gasteiger partial charge in [0, 0.05) is 53.5 Å². The summed E-state index contributed by atoms with van der Waals surface area (Å²) in [6, 6.07) is 18.9. The van der Waals surface area contributed by atoms with Gasteiger partial charge in [-0.1, -0.05) is 58.5 Å². The van der Waals surface area contributed by atoms with Crippen LogP contribution in [-0.4, -0.2) is 78.7 Å². The Morgan fingerprint density at radius 2 is 1.43 bits per heavy atom. The lowest BCUT2D eigenvalue weighted by Crippen LogP contribution is -2.39. The third kappa shape index (κ3) is 9.19. The summed E-state index contributed by atoms with van der Waals surface area (Å²) in [5.41, 5.74) is 7.63. The molecule has 12 nitrogen and oxygen atoms in total. The number of hydrogen-bond donors (Lipinski definition) is 2. The maximum absolute atomic E-state index is 14.1. The van der Waals surface area contributed by atoms with Crippen LogP contribution in [0.25, 0.3) is 0 Å². The first-order valence-corrected chi connectivity index (χ1v) is 23.9. The van der Waals surface area contributed by atoms with Crippen molar-refractivity contribution in [1.29, 1.82) is 0 Å². The zero-order valence-electron chi connectivity index (χ0n) is 36.7. The second kappa shape index (κ2) is 18.9. The summed E-state index contributed by atoms with van der Waals surface area (Å²) in [5.74, 6) is 2.25. The Hall–Kier alpha value is -5.73. The molecule has 2 N–H and O–H groups in total. The number of carbonyl (C=O) groups is 2. The van der Waals surface area contributed by atoms with Gasteiger partial charge in [-0.2, -0.15) is 0 Å². The van der Waals surface area contributed by atoms with Crippen molar-refractivity contribution in [1.82, 2.24) is 9.88 Å². The first-order chi connectivity index (χ1) is 30.5. The van der Waals surface area contributed by atoms with Gasteiger partial charge in [-0.25, -0.2) is 0 Å². The number of para-hydroxylation sites is 1. The molecular weight excluding hydrogens is 835 g/mol. The smallest absolute Gasteiger partial charge is 0.260 e. The summed E-state index contributed by atoms with van der Waals surface area (Å²) in [7, 11) is 6.77. The lowest BCUT2D eigenvalue weighted by atomic mass is 10.1. The van der Waals surface area contributed by atoms with Crippen LogP contribution >= 0.6 is 21.6 Å². The normalized spacial score (nSPS) is 17.7. The highest BCUT2D eigenvalue weighted by atomic mass is 33.1. The second-order valence-electron chi connectivity index (χ2n) is 16.5. The highest BCUT2D eigenvalue weighted by Crippen LogP contribution is 2.43. The average Bonchev–Trinajstić information content (AvgIpc) is 3.76. The number of nitrogens with one attached hydrogen (secondary N) is 2. The zero-order chi connectivity index (χ0) is 44.3. The van der Waals surface area contributed by atoms with E-state index in [9.17, 15) is 9.59 Å². The molecule has 3 aromatic carbocycles. The highest BCUT2D eigenvalue weighted by molar-refractivity contribution is 8.76. The fourth-order valence-corrected chi connectivity index (χ4v) is 11.1. The van der Waals surface area contributed by atoms with E-state index in [1.807, 2.05) is 82.1 Å². The molecule has 0 radical (unpaired) electrons. The van der Waals surface area contributed by atoms with Crippen LogP contribution in [-0.2, 0) is 19.6 Å². The molecule has 1 aromatic heterocycles. The number of methoxy groups -OCH3 is 2. The zero-order valence-corrected chi connectivity index (χ0v) is 38.4. The van der Waals surface area contributed by atoms with Crippen molar-refractivity contribution < 1.29 is 33.3 Å². The Balaban J connectivity index is 1.03. The largest absolute Gasteiger partial charge is 0.493 e. The van der Waals surface area contributed by atoms with Crippen LogP contribution in [0.4, 0.5) is 17.1 Å². The number of amides is 2. The Labute approximate surface area is 377 Å². The third-order valence-electron chi connectivity index (χ3n) is 11.8. The van der Waals surface area contributed by atoms with Gasteiger partial charge in [0.15, 0.2) is 23.0 Å². The van der Waals surface area contributed by atoms with Crippen molar-refractivity contribution in [3.05, 3.63) is 125 Å². The topological polar surface area (TPSA) is 124 Å². The van der Waals surface area contributed by atoms with Gasteiger partial charge < -0.3 is 44.1 Å². The van der Waals surface area contributed by atoms with Crippen LogP contribution in [0.1, 0.15) is 77.7 Å². The third-order valence-corrected chi connectivity index (χ3v) is 14.4. The lowest BCUT2D eigenvalue weighted by molar-refractivity contribution is 0.0784. The van der Waals surface area contributed by atoms with Gasteiger partial charge in [-0.3, -0.25) is 14.6 Å². The Bertz CT molecular complexity index is 2470. The number of ether oxygens (including phenoxy) is 5. The molecule has 2 atom stereocenters. The lowest BCUT2D eigenvalue weighted by Gasteiger charge is -2.24. The van der Waals surface area contributed by atoms with Crippen molar-refractivity contribution in [3.63, 3.8) is 0 Å². The van der Waals surface area contributed by atoms with E-state index in [1.54, 1.807) is 43.2 Å². The number of aromatic nitrogens is 1. The molecule has 0 fully saturated rings. The predicted molar refractivity (Wildman–Crippen MR) is 253 cm³/mol. The molecule has 330 valence electrons. The average molecular weight is 890 g/mol. The molecule has 63 heavy (non-hydrogen) atoms. The SMILES string of the molecule is C=CC1=C(/C=C\C)CC2CNc3cc(OCc4cc(OCCCC(C)(C)SSC)cc(COc5cc6c(cc5OC)C(=O)N5c7ccccc7CC5CN6)n4)c(OC)cc3C(=O)N12. The number of anilines is 3. The molecule has 0 bridgehead atoms. The summed E-state index contributed by atoms with van der Waals surface area (Å²) >= 11 is 0. The van der Waals surface area contributed by atoms with Crippen LogP contribution in [0.2, 0.25) is 0 Å². The van der Waals surface area contributed by atoms with Crippen LogP contribution in [0.15, 0.2) is 96.7 Å². The van der Waals surface area contributed by atoms with E-state index in [-0.39, 0.29) is 41.9 Å². The minimum absolute atomic E-state index is 0.00233. The molecule has 0 spiro atoms. The Morgan fingerprint density at radius 1 is 0.825 bits per heavy atom. The first kappa shape index (κ1) is 43.9. The molecule has 4 aliphatic rings. The Kier molecular flexibility index (Phi) is 13.2. The minimum atomic E-state index is -0.120. The summed E-state index contributed by atoms with van der Waals surface area (Å²) in [5, 5.41) is 7.00. The predicted octanol–water partition coefficient (Wildman–Crippen LogP) is 9.86. The number of benzene rings is 3. The number of pyridine rings is 1. The molecule has 5 heterocycles. The van der Waals surface area contributed by atoms with E-state index >= 15 is 0 Å². The molecule has 4 aromatic rings. The molecule has 4 aliphatic heterocycles. The first-order valence-electron chi connectivity index (χ1n) is 21.3. The van der Waals surface area contributed by atoms with E-state index in [1.165, 1.54) is 5.56 Å². The van der Waals surface area contributed by atoms with E-state index in [2.05, 4.69) is 43.4 Å². The van der Waals surface area contributed by atoms with Crippen LogP contribution in [0.3, 0.4) is 0 Å². The number of rotatable bonds is 17. The molecule has 2 amide bonds. The second-order valence-corrected chi connectivity index (χ2v) is 19.6. The van der Waals surface area contributed by atoms with E-state index < -0.39 is 0 Å². The Morgan fingerprint density at radius 3 is 2.02 bits per heavy atom. The van der Waals surface area contributed by atoms with Crippen LogP contribution in [0, 0.1) is 0 Å². The minimum Gasteiger partial charge on any atom is -0.493 e. The molecule has 14 heteroatoms. The number of fused-ring (bicyclic) bond motifs is 6. The number of allylic oxidation sites excluding steroid dienone is 3.